The Balaban J connectivity index is 2.12. The van der Waals surface area contributed by atoms with Crippen LogP contribution in [0.1, 0.15) is 6.42 Å². The molecule has 6 heteroatoms. The first-order valence-corrected chi connectivity index (χ1v) is 6.17. The van der Waals surface area contributed by atoms with E-state index in [-0.39, 0.29) is 0 Å². The summed E-state index contributed by atoms with van der Waals surface area (Å²) in [6, 6.07) is 1.88. The first kappa shape index (κ1) is 10.5. The van der Waals surface area contributed by atoms with E-state index in [0.717, 1.165) is 24.7 Å². The minimum absolute atomic E-state index is 0.664. The molecule has 0 radical (unpaired) electrons. The fourth-order valence-corrected chi connectivity index (χ4v) is 2.46. The Morgan fingerprint density at radius 1 is 1.33 bits per heavy atom. The number of rotatable bonds is 2. The van der Waals surface area contributed by atoms with Crippen molar-refractivity contribution in [1.29, 1.82) is 0 Å². The fourth-order valence-electron chi connectivity index (χ4n) is 1.57. The fraction of sp³-hybridized carbons (Fsp3) is 0.556. The summed E-state index contributed by atoms with van der Waals surface area (Å²) >= 11 is 2.00. The van der Waals surface area contributed by atoms with Crippen LogP contribution in [0.25, 0.3) is 0 Å². The van der Waals surface area contributed by atoms with Crippen LogP contribution in [0.2, 0.25) is 0 Å². The summed E-state index contributed by atoms with van der Waals surface area (Å²) in [6.45, 7) is 2.11. The Hall–Kier alpha value is -1.01. The molecule has 0 saturated carbocycles. The molecule has 82 valence electrons. The van der Waals surface area contributed by atoms with Crippen molar-refractivity contribution in [3.63, 3.8) is 0 Å². The maximum absolute atomic E-state index is 5.32. The van der Waals surface area contributed by atoms with Gasteiger partial charge in [-0.15, -0.1) is 0 Å². The summed E-state index contributed by atoms with van der Waals surface area (Å²) in [7, 11) is 0. The Morgan fingerprint density at radius 3 is 3.13 bits per heavy atom. The number of anilines is 2. The second kappa shape index (κ2) is 5.18. The van der Waals surface area contributed by atoms with Crippen LogP contribution in [-0.4, -0.2) is 34.6 Å². The van der Waals surface area contributed by atoms with E-state index < -0.39 is 0 Å². The highest BCUT2D eigenvalue weighted by molar-refractivity contribution is 7.99. The van der Waals surface area contributed by atoms with Crippen molar-refractivity contribution < 1.29 is 0 Å². The highest BCUT2D eigenvalue weighted by Gasteiger charge is 2.11. The Morgan fingerprint density at radius 2 is 2.27 bits per heavy atom. The molecule has 1 aliphatic heterocycles. The zero-order chi connectivity index (χ0) is 10.5. The molecule has 2 rings (SSSR count). The Labute approximate surface area is 93.4 Å². The van der Waals surface area contributed by atoms with Crippen molar-refractivity contribution in [2.75, 3.05) is 34.9 Å². The SMILES string of the molecule is NNc1cc(N2CCCSCC2)ncn1. The largest absolute Gasteiger partial charge is 0.356 e. The summed E-state index contributed by atoms with van der Waals surface area (Å²) in [6.07, 6.45) is 2.75. The first-order valence-electron chi connectivity index (χ1n) is 5.01. The lowest BCUT2D eigenvalue weighted by Crippen LogP contribution is -2.26. The lowest BCUT2D eigenvalue weighted by atomic mass is 10.4. The number of hydrogen-bond donors (Lipinski definition) is 2. The monoisotopic (exact) mass is 225 g/mol. The van der Waals surface area contributed by atoms with Crippen molar-refractivity contribution in [1.82, 2.24) is 9.97 Å². The van der Waals surface area contributed by atoms with Gasteiger partial charge in [0.15, 0.2) is 0 Å². The number of nitrogens with one attached hydrogen (secondary N) is 1. The summed E-state index contributed by atoms with van der Waals surface area (Å²) in [5.74, 6) is 9.34. The van der Waals surface area contributed by atoms with Gasteiger partial charge in [-0.05, 0) is 12.2 Å². The van der Waals surface area contributed by atoms with Crippen molar-refractivity contribution in [3.05, 3.63) is 12.4 Å². The number of hydrogen-bond acceptors (Lipinski definition) is 6. The predicted octanol–water partition coefficient (Wildman–Crippen LogP) is 0.706. The molecule has 0 bridgehead atoms. The smallest absolute Gasteiger partial charge is 0.145 e. The Kier molecular flexibility index (Phi) is 3.63. The molecule has 3 N–H and O–H groups in total. The van der Waals surface area contributed by atoms with Gasteiger partial charge >= 0.3 is 0 Å². The molecule has 0 aliphatic carbocycles. The van der Waals surface area contributed by atoms with Crippen LogP contribution < -0.4 is 16.2 Å². The second-order valence-electron chi connectivity index (χ2n) is 3.36. The van der Waals surface area contributed by atoms with Crippen LogP contribution in [0.4, 0.5) is 11.6 Å². The van der Waals surface area contributed by atoms with Gasteiger partial charge in [-0.1, -0.05) is 0 Å². The summed E-state index contributed by atoms with van der Waals surface area (Å²) in [5, 5.41) is 0. The maximum Gasteiger partial charge on any atom is 0.145 e. The average molecular weight is 225 g/mol. The molecule has 1 aliphatic rings. The van der Waals surface area contributed by atoms with E-state index in [9.17, 15) is 0 Å². The van der Waals surface area contributed by atoms with E-state index in [2.05, 4.69) is 20.3 Å². The third kappa shape index (κ3) is 2.73. The van der Waals surface area contributed by atoms with Gasteiger partial charge in [0.05, 0.1) is 0 Å². The van der Waals surface area contributed by atoms with Crippen molar-refractivity contribution in [2.45, 2.75) is 6.42 Å². The molecule has 1 aromatic rings. The lowest BCUT2D eigenvalue weighted by Gasteiger charge is -2.20. The van der Waals surface area contributed by atoms with Gasteiger partial charge in [0.2, 0.25) is 0 Å². The molecule has 0 amide bonds. The molecular formula is C9H15N5S. The number of thioether (sulfide) groups is 1. The van der Waals surface area contributed by atoms with E-state index in [1.807, 2.05) is 17.8 Å². The van der Waals surface area contributed by atoms with Gasteiger partial charge in [-0.2, -0.15) is 11.8 Å². The highest BCUT2D eigenvalue weighted by atomic mass is 32.2. The number of nitrogens with zero attached hydrogens (tertiary/aromatic N) is 3. The molecule has 0 atom stereocenters. The van der Waals surface area contributed by atoms with Gasteiger partial charge in [-0.25, -0.2) is 15.8 Å². The zero-order valence-electron chi connectivity index (χ0n) is 8.52. The normalized spacial score (nSPS) is 17.3. The maximum atomic E-state index is 5.32. The zero-order valence-corrected chi connectivity index (χ0v) is 9.33. The van der Waals surface area contributed by atoms with Crippen LogP contribution >= 0.6 is 11.8 Å². The van der Waals surface area contributed by atoms with E-state index in [1.54, 1.807) is 6.33 Å². The lowest BCUT2D eigenvalue weighted by molar-refractivity contribution is 0.798. The highest BCUT2D eigenvalue weighted by Crippen LogP contribution is 2.18. The van der Waals surface area contributed by atoms with E-state index in [4.69, 9.17) is 5.84 Å². The Bertz CT molecular complexity index is 311. The topological polar surface area (TPSA) is 67.1 Å². The molecule has 2 heterocycles. The molecule has 15 heavy (non-hydrogen) atoms. The van der Waals surface area contributed by atoms with E-state index >= 15 is 0 Å². The van der Waals surface area contributed by atoms with E-state index in [1.165, 1.54) is 12.2 Å². The molecule has 0 aromatic carbocycles. The number of nitrogen functional groups attached to an aromatic ring is 1. The molecule has 0 spiro atoms. The predicted molar refractivity (Wildman–Crippen MR) is 64.0 cm³/mol. The molecular weight excluding hydrogens is 210 g/mol. The van der Waals surface area contributed by atoms with Crippen LogP contribution in [0, 0.1) is 0 Å². The number of aromatic nitrogens is 2. The third-order valence-corrected chi connectivity index (χ3v) is 3.40. The summed E-state index contributed by atoms with van der Waals surface area (Å²) in [4.78, 5) is 10.5. The molecule has 5 nitrogen and oxygen atoms in total. The van der Waals surface area contributed by atoms with E-state index in [0.29, 0.717) is 5.82 Å². The molecule has 1 fully saturated rings. The number of hydrazine groups is 1. The van der Waals surface area contributed by atoms with Gasteiger partial charge < -0.3 is 10.3 Å². The van der Waals surface area contributed by atoms with Crippen molar-refractivity contribution in [2.24, 2.45) is 5.84 Å². The van der Waals surface area contributed by atoms with Gasteiger partial charge in [0.1, 0.15) is 18.0 Å². The second-order valence-corrected chi connectivity index (χ2v) is 4.58. The van der Waals surface area contributed by atoms with Gasteiger partial charge in [-0.3, -0.25) is 0 Å². The average Bonchev–Trinajstić information content (AvgIpc) is 2.58. The minimum Gasteiger partial charge on any atom is -0.356 e. The summed E-state index contributed by atoms with van der Waals surface area (Å²) < 4.78 is 0. The third-order valence-electron chi connectivity index (χ3n) is 2.35. The van der Waals surface area contributed by atoms with Gasteiger partial charge in [0, 0.05) is 24.9 Å². The van der Waals surface area contributed by atoms with Gasteiger partial charge in [0.25, 0.3) is 0 Å². The standard InChI is InChI=1S/C9H15N5S/c10-13-8-6-9(12-7-11-8)14-2-1-4-15-5-3-14/h6-7H,1-5,10H2,(H,11,12,13). The van der Waals surface area contributed by atoms with Crippen LogP contribution in [-0.2, 0) is 0 Å². The van der Waals surface area contributed by atoms with Crippen LogP contribution in [0.3, 0.4) is 0 Å². The van der Waals surface area contributed by atoms with Crippen LogP contribution in [0.15, 0.2) is 12.4 Å². The summed E-state index contributed by atoms with van der Waals surface area (Å²) in [5.41, 5.74) is 2.54. The minimum atomic E-state index is 0.664. The number of nitrogens with two attached hydrogens (primary N) is 1. The quantitative estimate of drug-likeness (QED) is 0.570. The van der Waals surface area contributed by atoms with Crippen molar-refractivity contribution in [3.8, 4) is 0 Å². The molecule has 1 saturated heterocycles. The van der Waals surface area contributed by atoms with Crippen molar-refractivity contribution >= 4 is 23.4 Å². The molecule has 1 aromatic heterocycles. The molecule has 0 unspecified atom stereocenters. The first-order chi connectivity index (χ1) is 7.40. The van der Waals surface area contributed by atoms with Crippen LogP contribution in [0.5, 0.6) is 0 Å².